The van der Waals surface area contributed by atoms with Gasteiger partial charge in [0.1, 0.15) is 19.3 Å². The second-order valence-electron chi connectivity index (χ2n) is 28.5. The van der Waals surface area contributed by atoms with Crippen molar-refractivity contribution in [2.45, 2.75) is 395 Å². The number of aliphatic hydroxyl groups is 1. The molecule has 7 atom stereocenters. The van der Waals surface area contributed by atoms with E-state index in [1.165, 1.54) is 173 Å². The molecule has 0 amide bonds. The highest BCUT2D eigenvalue weighted by molar-refractivity contribution is 7.47. The number of hydrogen-bond acceptors (Lipinski definition) is 15. The van der Waals surface area contributed by atoms with E-state index in [2.05, 4.69) is 55.4 Å². The van der Waals surface area contributed by atoms with Crippen molar-refractivity contribution < 1.29 is 80.2 Å². The van der Waals surface area contributed by atoms with Gasteiger partial charge in [-0.2, -0.15) is 0 Å². The summed E-state index contributed by atoms with van der Waals surface area (Å²) in [5.41, 5.74) is 0. The van der Waals surface area contributed by atoms with Crippen molar-refractivity contribution in [2.24, 2.45) is 23.7 Å². The Balaban J connectivity index is 5.17. The number of esters is 4. The summed E-state index contributed by atoms with van der Waals surface area (Å²) in [6, 6.07) is 0. The fraction of sp³-hybridized carbons (Fsp3) is 0.947. The van der Waals surface area contributed by atoms with Gasteiger partial charge >= 0.3 is 39.5 Å². The average molecular weight is 1380 g/mol. The summed E-state index contributed by atoms with van der Waals surface area (Å²) in [5.74, 6) is 0.914. The fourth-order valence-corrected chi connectivity index (χ4v) is 12.9. The van der Waals surface area contributed by atoms with Crippen LogP contribution < -0.4 is 0 Å². The molecule has 17 nitrogen and oxygen atoms in total. The molecule has 0 aromatic rings. The second-order valence-corrected chi connectivity index (χ2v) is 31.4. The van der Waals surface area contributed by atoms with Gasteiger partial charge in [0.2, 0.25) is 0 Å². The third-order valence-corrected chi connectivity index (χ3v) is 19.9. The Morgan fingerprint density at radius 3 is 0.755 bits per heavy atom. The third kappa shape index (κ3) is 66.0. The molecule has 0 aromatic heterocycles. The van der Waals surface area contributed by atoms with Crippen LogP contribution in [0.25, 0.3) is 0 Å². The molecule has 94 heavy (non-hydrogen) atoms. The van der Waals surface area contributed by atoms with Crippen LogP contribution in [0.4, 0.5) is 0 Å². The standard InChI is InChI=1S/C75H146O17P2/c1-9-67(7)53-45-37-29-23-19-17-15-13-11-12-14-16-18-20-24-31-41-49-57-74(79)91-70(61-85-72(77)55-47-39-30-25-21-22-27-35-43-51-65(3)4)63-89-93(81,82)87-59-69(76)60-88-94(83,84)90-64-71(92-75(80)58-50-42-32-26-28-36-44-52-66(5)6)62-86-73(78)56-48-40-34-33-38-46-54-68(8)10-2/h65-71,76H,9-64H2,1-8H3,(H,81,82)(H,83,84)/t67?,68?,69-,70-,71-/m1/s1. The van der Waals surface area contributed by atoms with Crippen LogP contribution >= 0.6 is 15.6 Å². The summed E-state index contributed by atoms with van der Waals surface area (Å²) in [5, 5.41) is 10.6. The number of phosphoric acid groups is 2. The molecule has 0 spiro atoms. The van der Waals surface area contributed by atoms with E-state index in [0.717, 1.165) is 114 Å². The lowest BCUT2D eigenvalue weighted by Crippen LogP contribution is -2.30. The van der Waals surface area contributed by atoms with Gasteiger partial charge in [0.05, 0.1) is 26.4 Å². The first-order chi connectivity index (χ1) is 45.2. The molecule has 19 heteroatoms. The summed E-state index contributed by atoms with van der Waals surface area (Å²) in [7, 11) is -9.91. The number of ether oxygens (including phenoxy) is 4. The van der Waals surface area contributed by atoms with Gasteiger partial charge in [-0.25, -0.2) is 9.13 Å². The number of phosphoric ester groups is 2. The van der Waals surface area contributed by atoms with Crippen LogP contribution in [-0.4, -0.2) is 96.7 Å². The first-order valence-corrected chi connectivity index (χ1v) is 41.8. The van der Waals surface area contributed by atoms with Crippen molar-refractivity contribution in [1.29, 1.82) is 0 Å². The number of carbonyl (C=O) groups excluding carboxylic acids is 4. The molecule has 0 bridgehead atoms. The fourth-order valence-electron chi connectivity index (χ4n) is 11.3. The van der Waals surface area contributed by atoms with Gasteiger partial charge in [-0.1, -0.05) is 325 Å². The molecular formula is C75H146O17P2. The minimum absolute atomic E-state index is 0.102. The van der Waals surface area contributed by atoms with E-state index in [9.17, 15) is 43.2 Å². The Hall–Kier alpha value is -1.94. The zero-order valence-electron chi connectivity index (χ0n) is 61.6. The summed E-state index contributed by atoms with van der Waals surface area (Å²) < 4.78 is 68.4. The van der Waals surface area contributed by atoms with Crippen LogP contribution in [0.1, 0.15) is 376 Å². The molecule has 3 N–H and O–H groups in total. The van der Waals surface area contributed by atoms with E-state index in [-0.39, 0.29) is 25.7 Å². The number of carbonyl (C=O) groups is 4. The monoisotopic (exact) mass is 1380 g/mol. The summed E-state index contributed by atoms with van der Waals surface area (Å²) >= 11 is 0. The van der Waals surface area contributed by atoms with E-state index >= 15 is 0 Å². The predicted octanol–water partition coefficient (Wildman–Crippen LogP) is 21.7. The minimum Gasteiger partial charge on any atom is -0.462 e. The number of aliphatic hydroxyl groups excluding tert-OH is 1. The molecule has 4 unspecified atom stereocenters. The Bertz CT molecular complexity index is 1850. The molecule has 0 aliphatic carbocycles. The molecule has 0 aliphatic rings. The molecule has 0 radical (unpaired) electrons. The molecular weight excluding hydrogens is 1230 g/mol. The maximum atomic E-state index is 13.1. The van der Waals surface area contributed by atoms with Crippen LogP contribution in [0.15, 0.2) is 0 Å². The maximum absolute atomic E-state index is 13.1. The molecule has 0 saturated carbocycles. The van der Waals surface area contributed by atoms with Gasteiger partial charge in [0.15, 0.2) is 12.2 Å². The van der Waals surface area contributed by atoms with Gasteiger partial charge in [0, 0.05) is 25.7 Å². The van der Waals surface area contributed by atoms with Crippen LogP contribution in [0.3, 0.4) is 0 Å². The van der Waals surface area contributed by atoms with Crippen LogP contribution in [0, 0.1) is 23.7 Å². The van der Waals surface area contributed by atoms with Crippen molar-refractivity contribution in [2.75, 3.05) is 39.6 Å². The second kappa shape index (κ2) is 64.4. The molecule has 0 aromatic carbocycles. The topological polar surface area (TPSA) is 237 Å². The van der Waals surface area contributed by atoms with Gasteiger partial charge in [0.25, 0.3) is 0 Å². The quantitative estimate of drug-likeness (QED) is 0.0222. The minimum atomic E-state index is -4.96. The Kier molecular flexibility index (Phi) is 63.1. The van der Waals surface area contributed by atoms with Crippen LogP contribution in [0.5, 0.6) is 0 Å². The largest absolute Gasteiger partial charge is 0.472 e. The van der Waals surface area contributed by atoms with Crippen molar-refractivity contribution >= 4 is 39.5 Å². The van der Waals surface area contributed by atoms with Gasteiger partial charge in [-0.15, -0.1) is 0 Å². The molecule has 0 fully saturated rings. The van der Waals surface area contributed by atoms with Crippen molar-refractivity contribution in [3.63, 3.8) is 0 Å². The highest BCUT2D eigenvalue weighted by atomic mass is 31.2. The van der Waals surface area contributed by atoms with Crippen molar-refractivity contribution in [3.05, 3.63) is 0 Å². The normalized spacial score (nSPS) is 14.7. The van der Waals surface area contributed by atoms with Crippen molar-refractivity contribution in [1.82, 2.24) is 0 Å². The Labute approximate surface area is 575 Å². The van der Waals surface area contributed by atoms with Gasteiger partial charge in [-0.05, 0) is 49.4 Å². The van der Waals surface area contributed by atoms with E-state index in [4.69, 9.17) is 37.0 Å². The van der Waals surface area contributed by atoms with E-state index in [0.29, 0.717) is 31.6 Å². The molecule has 558 valence electrons. The number of unbranched alkanes of at least 4 members (excludes halogenated alkanes) is 36. The van der Waals surface area contributed by atoms with E-state index in [1.807, 2.05) is 0 Å². The lowest BCUT2D eigenvalue weighted by Gasteiger charge is -2.21. The lowest BCUT2D eigenvalue weighted by molar-refractivity contribution is -0.161. The third-order valence-electron chi connectivity index (χ3n) is 18.0. The molecule has 0 saturated heterocycles. The highest BCUT2D eigenvalue weighted by Gasteiger charge is 2.30. The van der Waals surface area contributed by atoms with E-state index < -0.39 is 97.5 Å². The smallest absolute Gasteiger partial charge is 0.462 e. The Morgan fingerprint density at radius 1 is 0.298 bits per heavy atom. The SMILES string of the molecule is CCC(C)CCCCCCCCCCCCCCCCCCCCC(=O)O[C@H](COC(=O)CCCCCCCCCCCC(C)C)COP(=O)(O)OC[C@@H](O)COP(=O)(O)OC[C@@H](COC(=O)CCCCCCCCC(C)CC)OC(=O)CCCCCCCCCC(C)C. The Morgan fingerprint density at radius 2 is 0.511 bits per heavy atom. The molecule has 0 rings (SSSR count). The lowest BCUT2D eigenvalue weighted by atomic mass is 9.99. The van der Waals surface area contributed by atoms with Crippen LogP contribution in [-0.2, 0) is 65.4 Å². The predicted molar refractivity (Wildman–Crippen MR) is 381 cm³/mol. The summed E-state index contributed by atoms with van der Waals surface area (Å²) in [6.07, 6.45) is 48.8. The molecule has 0 heterocycles. The number of rotatable bonds is 72. The van der Waals surface area contributed by atoms with Crippen LogP contribution in [0.2, 0.25) is 0 Å². The summed E-state index contributed by atoms with van der Waals surface area (Å²) in [6.45, 7) is 14.1. The maximum Gasteiger partial charge on any atom is 0.472 e. The zero-order chi connectivity index (χ0) is 69.6. The van der Waals surface area contributed by atoms with Gasteiger partial charge in [-0.3, -0.25) is 37.3 Å². The van der Waals surface area contributed by atoms with Crippen molar-refractivity contribution in [3.8, 4) is 0 Å². The number of hydrogen-bond donors (Lipinski definition) is 3. The van der Waals surface area contributed by atoms with E-state index in [1.54, 1.807) is 0 Å². The first kappa shape index (κ1) is 92.1. The highest BCUT2D eigenvalue weighted by Crippen LogP contribution is 2.45. The zero-order valence-corrected chi connectivity index (χ0v) is 63.4. The van der Waals surface area contributed by atoms with Gasteiger partial charge < -0.3 is 33.8 Å². The summed E-state index contributed by atoms with van der Waals surface area (Å²) in [4.78, 5) is 72.7. The first-order valence-electron chi connectivity index (χ1n) is 38.8. The average Bonchev–Trinajstić information content (AvgIpc) is 1.29. The molecule has 0 aliphatic heterocycles.